The van der Waals surface area contributed by atoms with Gasteiger partial charge in [-0.05, 0) is 19.4 Å². The first-order chi connectivity index (χ1) is 4.33. The van der Waals surface area contributed by atoms with Crippen molar-refractivity contribution in [3.05, 3.63) is 12.7 Å². The van der Waals surface area contributed by atoms with Gasteiger partial charge in [0, 0.05) is 12.1 Å². The van der Waals surface area contributed by atoms with Crippen molar-refractivity contribution in [2.75, 3.05) is 13.1 Å². The normalized spacial score (nSPS) is 33.4. The fraction of sp³-hybridized carbons (Fsp3) is 0.714. The van der Waals surface area contributed by atoms with Crippen molar-refractivity contribution in [3.63, 3.8) is 0 Å². The van der Waals surface area contributed by atoms with E-state index in [0.29, 0.717) is 0 Å². The molecule has 1 rings (SSSR count). The van der Waals surface area contributed by atoms with Gasteiger partial charge in [-0.3, -0.25) is 0 Å². The number of hydrogen-bond acceptors (Lipinski definition) is 2. The largest absolute Gasteiger partial charge is 0.329 e. The molecule has 0 aromatic heterocycles. The molecule has 0 bridgehead atoms. The van der Waals surface area contributed by atoms with E-state index in [1.165, 1.54) is 6.42 Å². The Morgan fingerprint density at radius 1 is 1.78 bits per heavy atom. The van der Waals surface area contributed by atoms with Gasteiger partial charge >= 0.3 is 0 Å². The number of rotatable bonds is 3. The van der Waals surface area contributed by atoms with Crippen LogP contribution in [0.5, 0.6) is 0 Å². The van der Waals surface area contributed by atoms with Crippen LogP contribution in [0.3, 0.4) is 0 Å². The highest BCUT2D eigenvalue weighted by molar-refractivity contribution is 5.01. The summed E-state index contributed by atoms with van der Waals surface area (Å²) < 4.78 is 0. The van der Waals surface area contributed by atoms with Crippen molar-refractivity contribution < 1.29 is 0 Å². The first kappa shape index (κ1) is 6.78. The third-order valence-corrected chi connectivity index (χ3v) is 2.03. The van der Waals surface area contributed by atoms with E-state index in [1.54, 1.807) is 0 Å². The van der Waals surface area contributed by atoms with Gasteiger partial charge < -0.3 is 11.1 Å². The maximum absolute atomic E-state index is 5.54. The molecular weight excluding hydrogens is 112 g/mol. The average molecular weight is 126 g/mol. The topological polar surface area (TPSA) is 38.0 Å². The fourth-order valence-electron chi connectivity index (χ4n) is 1.19. The Morgan fingerprint density at radius 2 is 2.44 bits per heavy atom. The van der Waals surface area contributed by atoms with E-state index in [-0.39, 0.29) is 5.54 Å². The smallest absolute Gasteiger partial charge is 0.0350 e. The minimum atomic E-state index is 0.224. The van der Waals surface area contributed by atoms with E-state index in [0.717, 1.165) is 19.5 Å². The summed E-state index contributed by atoms with van der Waals surface area (Å²) in [6.45, 7) is 5.53. The van der Waals surface area contributed by atoms with Crippen molar-refractivity contribution >= 4 is 0 Å². The Morgan fingerprint density at radius 3 is 2.56 bits per heavy atom. The summed E-state index contributed by atoms with van der Waals surface area (Å²) in [7, 11) is 0. The molecule has 2 nitrogen and oxygen atoms in total. The van der Waals surface area contributed by atoms with Crippen molar-refractivity contribution in [1.29, 1.82) is 0 Å². The Kier molecular flexibility index (Phi) is 1.88. The lowest BCUT2D eigenvalue weighted by Crippen LogP contribution is -2.61. The third-order valence-electron chi connectivity index (χ3n) is 2.03. The molecule has 1 saturated heterocycles. The molecule has 9 heavy (non-hydrogen) atoms. The van der Waals surface area contributed by atoms with Crippen molar-refractivity contribution in [2.24, 2.45) is 5.73 Å². The highest BCUT2D eigenvalue weighted by atomic mass is 15.1. The van der Waals surface area contributed by atoms with Gasteiger partial charge in [0.1, 0.15) is 0 Å². The van der Waals surface area contributed by atoms with Gasteiger partial charge in [0.2, 0.25) is 0 Å². The van der Waals surface area contributed by atoms with Crippen LogP contribution in [0, 0.1) is 0 Å². The van der Waals surface area contributed by atoms with Crippen LogP contribution in [0.4, 0.5) is 0 Å². The zero-order chi connectivity index (χ0) is 6.74. The van der Waals surface area contributed by atoms with Gasteiger partial charge in [-0.1, -0.05) is 6.08 Å². The lowest BCUT2D eigenvalue weighted by atomic mass is 9.85. The standard InChI is InChI=1S/C7H14N2/c1-2-3-7(6-8)4-5-9-7/h2,9H,1,3-6,8H2. The lowest BCUT2D eigenvalue weighted by Gasteiger charge is -2.41. The lowest BCUT2D eigenvalue weighted by molar-refractivity contribution is 0.219. The first-order valence-corrected chi connectivity index (χ1v) is 3.39. The van der Waals surface area contributed by atoms with Crippen molar-refractivity contribution in [2.45, 2.75) is 18.4 Å². The van der Waals surface area contributed by atoms with E-state index in [4.69, 9.17) is 5.73 Å². The van der Waals surface area contributed by atoms with Gasteiger partial charge in [-0.25, -0.2) is 0 Å². The molecule has 0 aromatic carbocycles. The second-order valence-electron chi connectivity index (χ2n) is 2.65. The van der Waals surface area contributed by atoms with E-state index in [1.807, 2.05) is 6.08 Å². The first-order valence-electron chi connectivity index (χ1n) is 3.39. The Hall–Kier alpha value is -0.340. The van der Waals surface area contributed by atoms with Crippen molar-refractivity contribution in [1.82, 2.24) is 5.32 Å². The molecular formula is C7H14N2. The molecule has 2 heteroatoms. The van der Waals surface area contributed by atoms with Crippen LogP contribution in [0.2, 0.25) is 0 Å². The number of hydrogen-bond donors (Lipinski definition) is 2. The molecule has 1 aliphatic heterocycles. The van der Waals surface area contributed by atoms with Crippen molar-refractivity contribution in [3.8, 4) is 0 Å². The zero-order valence-electron chi connectivity index (χ0n) is 5.69. The molecule has 1 atom stereocenters. The van der Waals surface area contributed by atoms with Crippen LogP contribution in [0.25, 0.3) is 0 Å². The molecule has 0 saturated carbocycles. The van der Waals surface area contributed by atoms with Crippen LogP contribution < -0.4 is 11.1 Å². The van der Waals surface area contributed by atoms with E-state index < -0.39 is 0 Å². The molecule has 1 heterocycles. The SMILES string of the molecule is C=CCC1(CN)CCN1. The quantitative estimate of drug-likeness (QED) is 0.532. The molecule has 1 unspecified atom stereocenters. The third kappa shape index (κ3) is 1.14. The maximum Gasteiger partial charge on any atom is 0.0350 e. The van der Waals surface area contributed by atoms with E-state index in [9.17, 15) is 0 Å². The van der Waals surface area contributed by atoms with Crippen LogP contribution >= 0.6 is 0 Å². The molecule has 1 aliphatic rings. The Labute approximate surface area is 56.1 Å². The van der Waals surface area contributed by atoms with E-state index >= 15 is 0 Å². The molecule has 52 valence electrons. The number of nitrogens with two attached hydrogens (primary N) is 1. The predicted molar refractivity (Wildman–Crippen MR) is 39.2 cm³/mol. The summed E-state index contributed by atoms with van der Waals surface area (Å²) in [5, 5.41) is 3.31. The summed E-state index contributed by atoms with van der Waals surface area (Å²) in [4.78, 5) is 0. The predicted octanol–water partition coefficient (Wildman–Crippen LogP) is 0.253. The Balaban J connectivity index is 2.36. The summed E-state index contributed by atoms with van der Waals surface area (Å²) in [6, 6.07) is 0. The van der Waals surface area contributed by atoms with Gasteiger partial charge in [0.15, 0.2) is 0 Å². The summed E-state index contributed by atoms with van der Waals surface area (Å²) in [6.07, 6.45) is 4.14. The van der Waals surface area contributed by atoms with Gasteiger partial charge in [0.25, 0.3) is 0 Å². The molecule has 0 spiro atoms. The zero-order valence-corrected chi connectivity index (χ0v) is 5.69. The minimum Gasteiger partial charge on any atom is -0.329 e. The Bertz CT molecular complexity index is 100.0. The van der Waals surface area contributed by atoms with Crippen LogP contribution in [0.1, 0.15) is 12.8 Å². The summed E-state index contributed by atoms with van der Waals surface area (Å²) in [5.41, 5.74) is 5.77. The molecule has 0 radical (unpaired) electrons. The van der Waals surface area contributed by atoms with Crippen LogP contribution in [-0.4, -0.2) is 18.6 Å². The fourth-order valence-corrected chi connectivity index (χ4v) is 1.19. The second kappa shape index (κ2) is 2.50. The van der Waals surface area contributed by atoms with Gasteiger partial charge in [0.05, 0.1) is 0 Å². The van der Waals surface area contributed by atoms with Crippen LogP contribution in [-0.2, 0) is 0 Å². The average Bonchev–Trinajstić information content (AvgIpc) is 1.79. The molecule has 0 aliphatic carbocycles. The summed E-state index contributed by atoms with van der Waals surface area (Å²) in [5.74, 6) is 0. The molecule has 3 N–H and O–H groups in total. The number of nitrogens with one attached hydrogen (secondary N) is 1. The highest BCUT2D eigenvalue weighted by Crippen LogP contribution is 2.21. The van der Waals surface area contributed by atoms with E-state index in [2.05, 4.69) is 11.9 Å². The molecule has 0 amide bonds. The maximum atomic E-state index is 5.54. The summed E-state index contributed by atoms with van der Waals surface area (Å²) >= 11 is 0. The van der Waals surface area contributed by atoms with Gasteiger partial charge in [-0.15, -0.1) is 6.58 Å². The monoisotopic (exact) mass is 126 g/mol. The highest BCUT2D eigenvalue weighted by Gasteiger charge is 2.32. The molecule has 1 fully saturated rings. The van der Waals surface area contributed by atoms with Gasteiger partial charge in [-0.2, -0.15) is 0 Å². The van der Waals surface area contributed by atoms with Crippen LogP contribution in [0.15, 0.2) is 12.7 Å². The minimum absolute atomic E-state index is 0.224. The second-order valence-corrected chi connectivity index (χ2v) is 2.65. The molecule has 0 aromatic rings.